The average molecular weight is 606 g/mol. The zero-order valence-electron chi connectivity index (χ0n) is 23.6. The van der Waals surface area contributed by atoms with Crippen LogP contribution in [0.4, 0.5) is 0 Å². The van der Waals surface area contributed by atoms with Gasteiger partial charge in [-0.05, 0) is 78.4 Å². The summed E-state index contributed by atoms with van der Waals surface area (Å²) in [5.74, 6) is -1.74. The van der Waals surface area contributed by atoms with Crippen LogP contribution in [0.15, 0.2) is 60.7 Å². The van der Waals surface area contributed by atoms with Crippen LogP contribution < -0.4 is 15.4 Å². The second-order valence-corrected chi connectivity index (χ2v) is 12.2. The number of hydrogen-bond acceptors (Lipinski definition) is 8. The molecule has 3 aromatic carbocycles. The Morgan fingerprint density at radius 3 is 2.44 bits per heavy atom. The summed E-state index contributed by atoms with van der Waals surface area (Å²) in [5.41, 5.74) is 3.82. The second kappa shape index (κ2) is 12.1. The van der Waals surface area contributed by atoms with Gasteiger partial charge in [0.05, 0.1) is 18.2 Å². The highest BCUT2D eigenvalue weighted by Gasteiger charge is 2.44. The summed E-state index contributed by atoms with van der Waals surface area (Å²) in [6, 6.07) is 16.2. The molecule has 2 atom stereocenters. The van der Waals surface area contributed by atoms with Crippen LogP contribution >= 0.6 is 0 Å². The van der Waals surface area contributed by atoms with Crippen LogP contribution in [0.5, 0.6) is 5.75 Å². The molecule has 0 aliphatic carbocycles. The zero-order chi connectivity index (χ0) is 30.9. The number of benzene rings is 3. The average Bonchev–Trinajstić information content (AvgIpc) is 3.22. The van der Waals surface area contributed by atoms with Crippen molar-refractivity contribution in [1.82, 2.24) is 15.5 Å². The third-order valence-corrected chi connectivity index (χ3v) is 9.07. The van der Waals surface area contributed by atoms with Crippen molar-refractivity contribution in [3.05, 3.63) is 88.5 Å². The number of amides is 4. The third kappa shape index (κ3) is 6.07. The largest absolute Gasteiger partial charge is 0.497 e. The predicted molar refractivity (Wildman–Crippen MR) is 157 cm³/mol. The number of nitrogens with one attached hydrogen (secondary N) is 2. The van der Waals surface area contributed by atoms with Crippen molar-refractivity contribution in [2.24, 2.45) is 0 Å². The van der Waals surface area contributed by atoms with Gasteiger partial charge in [-0.25, -0.2) is 0 Å². The SMILES string of the molecule is COc1ccc(CNCCC(c2ccccc2C)S(=O)(=O)O)c(-c2ccc3c(c2)C(=O)N(C2CCC(=O)NC2=O)C3=O)c1. The van der Waals surface area contributed by atoms with E-state index >= 15 is 0 Å². The first kappa shape index (κ1) is 30.1. The lowest BCUT2D eigenvalue weighted by Gasteiger charge is -2.27. The Balaban J connectivity index is 1.36. The summed E-state index contributed by atoms with van der Waals surface area (Å²) in [6.07, 6.45) is 0.239. The van der Waals surface area contributed by atoms with Crippen molar-refractivity contribution in [2.45, 2.75) is 44.0 Å². The van der Waals surface area contributed by atoms with Crippen LogP contribution in [0.1, 0.15) is 61.9 Å². The first-order chi connectivity index (χ1) is 20.5. The molecule has 43 heavy (non-hydrogen) atoms. The second-order valence-electron chi connectivity index (χ2n) is 10.6. The van der Waals surface area contributed by atoms with E-state index in [0.29, 0.717) is 23.4 Å². The molecular weight excluding hydrogens is 574 g/mol. The fourth-order valence-corrected chi connectivity index (χ4v) is 6.61. The van der Waals surface area contributed by atoms with Gasteiger partial charge in [-0.2, -0.15) is 8.42 Å². The van der Waals surface area contributed by atoms with Crippen LogP contribution in [0, 0.1) is 6.92 Å². The van der Waals surface area contributed by atoms with Crippen molar-refractivity contribution in [2.75, 3.05) is 13.7 Å². The van der Waals surface area contributed by atoms with Gasteiger partial charge in [0.15, 0.2) is 0 Å². The Labute approximate surface area is 249 Å². The Bertz CT molecular complexity index is 1740. The first-order valence-corrected chi connectivity index (χ1v) is 15.3. The molecule has 1 saturated heterocycles. The number of hydrogen-bond donors (Lipinski definition) is 3. The molecular formula is C31H31N3O8S. The normalized spacial score (nSPS) is 17.6. The van der Waals surface area contributed by atoms with Crippen molar-refractivity contribution in [1.29, 1.82) is 0 Å². The van der Waals surface area contributed by atoms with Gasteiger partial charge >= 0.3 is 0 Å². The molecule has 12 heteroatoms. The molecule has 0 bridgehead atoms. The van der Waals surface area contributed by atoms with Crippen molar-refractivity contribution >= 4 is 33.7 Å². The number of fused-ring (bicyclic) bond motifs is 1. The molecule has 0 aromatic heterocycles. The number of carbonyl (C=O) groups is 4. The van der Waals surface area contributed by atoms with Crippen LogP contribution in [-0.4, -0.2) is 61.2 Å². The number of nitrogens with zero attached hydrogens (tertiary/aromatic N) is 1. The van der Waals surface area contributed by atoms with Crippen molar-refractivity contribution in [3.8, 4) is 16.9 Å². The minimum absolute atomic E-state index is 0.0329. The highest BCUT2D eigenvalue weighted by atomic mass is 32.2. The number of carbonyl (C=O) groups excluding carboxylic acids is 4. The predicted octanol–water partition coefficient (Wildman–Crippen LogP) is 3.18. The monoisotopic (exact) mass is 605 g/mol. The van der Waals surface area contributed by atoms with Gasteiger partial charge < -0.3 is 10.1 Å². The minimum atomic E-state index is -4.34. The molecule has 2 unspecified atom stereocenters. The van der Waals surface area contributed by atoms with E-state index in [-0.39, 0.29) is 36.9 Å². The van der Waals surface area contributed by atoms with E-state index in [1.54, 1.807) is 61.5 Å². The van der Waals surface area contributed by atoms with Gasteiger partial charge in [0.2, 0.25) is 11.8 Å². The Morgan fingerprint density at radius 2 is 1.74 bits per heavy atom. The fourth-order valence-electron chi connectivity index (χ4n) is 5.61. The van der Waals surface area contributed by atoms with E-state index in [4.69, 9.17) is 4.74 Å². The molecule has 2 aliphatic heterocycles. The molecule has 3 aromatic rings. The van der Waals surface area contributed by atoms with Gasteiger partial charge in [0, 0.05) is 13.0 Å². The summed E-state index contributed by atoms with van der Waals surface area (Å²) in [5, 5.41) is 4.36. The number of rotatable bonds is 10. The summed E-state index contributed by atoms with van der Waals surface area (Å²) in [6.45, 7) is 2.41. The van der Waals surface area contributed by atoms with Crippen LogP contribution in [0.3, 0.4) is 0 Å². The molecule has 1 fully saturated rings. The fraction of sp³-hybridized carbons (Fsp3) is 0.290. The minimum Gasteiger partial charge on any atom is -0.497 e. The van der Waals surface area contributed by atoms with Gasteiger partial charge in [0.25, 0.3) is 21.9 Å². The lowest BCUT2D eigenvalue weighted by molar-refractivity contribution is -0.136. The van der Waals surface area contributed by atoms with Gasteiger partial charge in [-0.3, -0.25) is 33.9 Å². The topological polar surface area (TPSA) is 159 Å². The van der Waals surface area contributed by atoms with Gasteiger partial charge in [-0.1, -0.05) is 36.4 Å². The highest BCUT2D eigenvalue weighted by Crippen LogP contribution is 2.34. The smallest absolute Gasteiger partial charge is 0.272 e. The maximum Gasteiger partial charge on any atom is 0.272 e. The molecule has 3 N–H and O–H groups in total. The molecule has 0 spiro atoms. The molecule has 0 radical (unpaired) electrons. The standard InChI is InChI=1S/C31H31N3O8S/c1-18-5-3-4-6-22(18)27(43(39,40)41)13-14-32-17-20-7-9-21(42-2)16-24(20)19-8-10-23-25(15-19)31(38)34(30(23)37)26-11-12-28(35)33-29(26)36/h3-10,15-16,26-27,32H,11-14,17H2,1-2H3,(H,33,35,36)(H,39,40,41). The quantitative estimate of drug-likeness (QED) is 0.179. The third-order valence-electron chi connectivity index (χ3n) is 7.86. The molecule has 2 aliphatic rings. The van der Waals surface area contributed by atoms with E-state index in [0.717, 1.165) is 21.6 Å². The molecule has 0 saturated carbocycles. The molecule has 4 amide bonds. The molecule has 11 nitrogen and oxygen atoms in total. The number of aryl methyl sites for hydroxylation is 1. The maximum absolute atomic E-state index is 13.4. The molecule has 5 rings (SSSR count). The van der Waals surface area contributed by atoms with E-state index < -0.39 is 45.0 Å². The van der Waals surface area contributed by atoms with Crippen LogP contribution in [0.2, 0.25) is 0 Å². The van der Waals surface area contributed by atoms with Crippen molar-refractivity contribution < 1.29 is 36.9 Å². The van der Waals surface area contributed by atoms with E-state index in [1.165, 1.54) is 7.11 Å². The lowest BCUT2D eigenvalue weighted by atomic mass is 9.96. The van der Waals surface area contributed by atoms with Crippen LogP contribution in [-0.2, 0) is 26.3 Å². The highest BCUT2D eigenvalue weighted by molar-refractivity contribution is 7.86. The van der Waals surface area contributed by atoms with Gasteiger partial charge in [0.1, 0.15) is 17.0 Å². The van der Waals surface area contributed by atoms with Gasteiger partial charge in [-0.15, -0.1) is 0 Å². The number of ether oxygens (including phenoxy) is 1. The maximum atomic E-state index is 13.4. The van der Waals surface area contributed by atoms with Crippen LogP contribution in [0.25, 0.3) is 11.1 Å². The summed E-state index contributed by atoms with van der Waals surface area (Å²) in [7, 11) is -2.81. The van der Waals surface area contributed by atoms with E-state index in [9.17, 15) is 32.1 Å². The number of imide groups is 2. The zero-order valence-corrected chi connectivity index (χ0v) is 24.4. The Hall–Kier alpha value is -4.39. The Kier molecular flexibility index (Phi) is 8.45. The van der Waals surface area contributed by atoms with E-state index in [1.807, 2.05) is 6.07 Å². The van der Waals surface area contributed by atoms with E-state index in [2.05, 4.69) is 10.6 Å². The summed E-state index contributed by atoms with van der Waals surface area (Å²) in [4.78, 5) is 51.4. The molecule has 224 valence electrons. The number of piperidine rings is 1. The van der Waals surface area contributed by atoms with Crippen molar-refractivity contribution in [3.63, 3.8) is 0 Å². The molecule has 2 heterocycles. The summed E-state index contributed by atoms with van der Waals surface area (Å²) >= 11 is 0. The lowest BCUT2D eigenvalue weighted by Crippen LogP contribution is -2.54. The summed E-state index contributed by atoms with van der Waals surface area (Å²) < 4.78 is 39.7. The first-order valence-electron chi connectivity index (χ1n) is 13.7. The number of methoxy groups -OCH3 is 1. The Morgan fingerprint density at radius 1 is 1.00 bits per heavy atom.